The summed E-state index contributed by atoms with van der Waals surface area (Å²) in [6, 6.07) is 15.3. The molecule has 3 aromatic carbocycles. The maximum Gasteiger partial charge on any atom is 0.269 e. The molecule has 8 aliphatic heterocycles. The fraction of sp³-hybridized carbons (Fsp3) is 0.708. The van der Waals surface area contributed by atoms with E-state index in [2.05, 4.69) is 36.4 Å². The lowest BCUT2D eigenvalue weighted by Gasteiger charge is -2.43. The van der Waals surface area contributed by atoms with Gasteiger partial charge < -0.3 is 130 Å². The number of non-ortho nitro benzene ring substituents is 1. The summed E-state index contributed by atoms with van der Waals surface area (Å²) in [5.41, 5.74) is 1.50. The molecule has 0 spiro atoms. The van der Waals surface area contributed by atoms with Crippen molar-refractivity contribution >= 4 is 46.2 Å². The Morgan fingerprint density at radius 3 is 1.42 bits per heavy atom. The second-order valence-electron chi connectivity index (χ2n) is 30.0. The summed E-state index contributed by atoms with van der Waals surface area (Å²) < 4.78 is 136. The molecule has 8 aliphatic rings. The third-order valence-corrected chi connectivity index (χ3v) is 19.0. The van der Waals surface area contributed by atoms with Gasteiger partial charge in [-0.2, -0.15) is 15.3 Å². The first-order valence-corrected chi connectivity index (χ1v) is 36.0. The summed E-state index contributed by atoms with van der Waals surface area (Å²) in [4.78, 5) is 53.9. The van der Waals surface area contributed by atoms with Gasteiger partial charge in [-0.15, -0.1) is 5.11 Å². The normalized spacial score (nSPS) is 32.0. The number of benzene rings is 3. The topological polar surface area (TPSA) is 423 Å². The van der Waals surface area contributed by atoms with Crippen molar-refractivity contribution in [1.82, 2.24) is 16.0 Å². The second-order valence-corrected chi connectivity index (χ2v) is 30.0. The maximum absolute atomic E-state index is 14.9. The Morgan fingerprint density at radius 1 is 0.532 bits per heavy atom. The number of nitro groups is 1. The molecule has 109 heavy (non-hydrogen) atoms. The molecule has 5 N–H and O–H groups in total. The smallest absolute Gasteiger partial charge is 0.269 e. The fourth-order valence-corrected chi connectivity index (χ4v) is 14.2. The van der Waals surface area contributed by atoms with E-state index in [1.807, 2.05) is 0 Å². The van der Waals surface area contributed by atoms with Gasteiger partial charge in [0.2, 0.25) is 11.8 Å². The van der Waals surface area contributed by atoms with Crippen LogP contribution in [0, 0.1) is 10.1 Å². The molecular weight excluding hydrogens is 1440 g/mol. The van der Waals surface area contributed by atoms with E-state index in [0.717, 1.165) is 0 Å². The van der Waals surface area contributed by atoms with E-state index < -0.39 is 193 Å². The molecule has 19 atom stereocenters. The van der Waals surface area contributed by atoms with Crippen LogP contribution >= 0.6 is 0 Å². The van der Waals surface area contributed by atoms with E-state index in [9.17, 15) is 34.7 Å². The third kappa shape index (κ3) is 20.6. The van der Waals surface area contributed by atoms with Crippen LogP contribution in [0.15, 0.2) is 87.2 Å². The Hall–Kier alpha value is -6.61. The molecule has 3 amide bonds. The lowest BCUT2D eigenvalue weighted by Crippen LogP contribution is -2.62. The minimum absolute atomic E-state index is 0.0370. The van der Waals surface area contributed by atoms with Gasteiger partial charge in [0.05, 0.1) is 42.3 Å². The van der Waals surface area contributed by atoms with Gasteiger partial charge in [-0.25, -0.2) is 0 Å². The standard InChI is InChI=1S/C72H102N8O29/c1-67(2)94-33-46(100-67)52(58-60(65(89-14)90-15)108-71(9,10)106-58)98-63-50(83)56-54(102-69(5,6)104-56)44(96-63)31-73-48(81)29-28-42(75-49(82)35-93-40-25-20-37(21-26-40)77-79-41-27-22-38(30-43(41)88-13)78-76-36-18-23-39(24-19-36)80(86)87)62(85)74-32-45-55-57(105-70(7,8)103-55)51(84)64(97-45)99-53(47-34-95-68(3,4)101-47)59-61(66(91-16)92-17)109-72(11,12)107-59/h18-27,30,42,44-47,50-61,63-66,83-84H,28-29,31-35H2,1-17H3,(H,73,81)(H,74,85)(H,75,82)/t42-,44-,45-,46-,47-,50-,51-,52-,53-,54+,55+,56-,57-,58+,59+,60-,61-,63+,64+/m1/s1. The van der Waals surface area contributed by atoms with Gasteiger partial charge in [-0.3, -0.25) is 24.5 Å². The molecule has 0 bridgehead atoms. The molecule has 0 saturated carbocycles. The summed E-state index contributed by atoms with van der Waals surface area (Å²) >= 11 is 0. The van der Waals surface area contributed by atoms with Crippen molar-refractivity contribution in [3.8, 4) is 11.5 Å². The zero-order valence-electron chi connectivity index (χ0n) is 64.1. The minimum atomic E-state index is -1.50. The molecule has 8 heterocycles. The number of fused-ring (bicyclic) bond motifs is 2. The van der Waals surface area contributed by atoms with Gasteiger partial charge in [0.25, 0.3) is 11.6 Å². The van der Waals surface area contributed by atoms with Crippen molar-refractivity contribution < 1.29 is 134 Å². The summed E-state index contributed by atoms with van der Waals surface area (Å²) in [6.45, 7) is 19.5. The number of methoxy groups -OCH3 is 5. The summed E-state index contributed by atoms with van der Waals surface area (Å²) in [7, 11) is 7.27. The number of carbonyl (C=O) groups excluding carboxylic acids is 3. The number of amides is 3. The molecule has 3 aromatic rings. The van der Waals surface area contributed by atoms with E-state index in [-0.39, 0.29) is 50.6 Å². The monoisotopic (exact) mass is 1540 g/mol. The lowest BCUT2D eigenvalue weighted by molar-refractivity contribution is -0.384. The van der Waals surface area contributed by atoms with Crippen LogP contribution in [-0.2, 0) is 109 Å². The van der Waals surface area contributed by atoms with Crippen molar-refractivity contribution in [3.05, 3.63) is 76.8 Å². The zero-order valence-corrected chi connectivity index (χ0v) is 64.1. The van der Waals surface area contributed by atoms with E-state index in [1.165, 1.54) is 59.8 Å². The van der Waals surface area contributed by atoms with E-state index in [4.69, 9.17) is 104 Å². The Balaban J connectivity index is 0.792. The van der Waals surface area contributed by atoms with E-state index in [1.54, 1.807) is 126 Å². The van der Waals surface area contributed by atoms with E-state index >= 15 is 0 Å². The number of hydrogen-bond donors (Lipinski definition) is 5. The Morgan fingerprint density at radius 2 is 0.963 bits per heavy atom. The number of hydrogen-bond acceptors (Lipinski definition) is 33. The van der Waals surface area contributed by atoms with Crippen LogP contribution in [0.1, 0.15) is 95.9 Å². The summed E-state index contributed by atoms with van der Waals surface area (Å²) in [6.07, 6.45) is -22.1. The van der Waals surface area contributed by atoms with E-state index in [0.29, 0.717) is 28.5 Å². The molecule has 11 rings (SSSR count). The van der Waals surface area contributed by atoms with Crippen molar-refractivity contribution in [1.29, 1.82) is 0 Å². The first-order valence-electron chi connectivity index (χ1n) is 36.0. The minimum Gasteiger partial charge on any atom is -0.494 e. The number of ether oxygens (including phenoxy) is 22. The molecule has 0 radical (unpaired) electrons. The highest BCUT2D eigenvalue weighted by molar-refractivity contribution is 5.89. The van der Waals surface area contributed by atoms with Crippen molar-refractivity contribution in [2.75, 3.05) is 68.5 Å². The number of aliphatic hydroxyl groups is 2. The number of nitrogens with zero attached hydrogens (tertiary/aromatic N) is 5. The highest BCUT2D eigenvalue weighted by atomic mass is 16.8. The average molecular weight is 1540 g/mol. The molecule has 0 unspecified atom stereocenters. The summed E-state index contributed by atoms with van der Waals surface area (Å²) in [5.74, 6) is -8.44. The Bertz CT molecular complexity index is 3660. The molecule has 0 aliphatic carbocycles. The van der Waals surface area contributed by atoms with Crippen LogP contribution < -0.4 is 25.4 Å². The number of rotatable bonds is 32. The fourth-order valence-electron chi connectivity index (χ4n) is 14.2. The zero-order chi connectivity index (χ0) is 78.7. The van der Waals surface area contributed by atoms with Gasteiger partial charge in [-0.05, 0) is 138 Å². The molecule has 0 aromatic heterocycles. The number of azo groups is 2. The van der Waals surface area contributed by atoms with Crippen molar-refractivity contribution in [2.24, 2.45) is 20.5 Å². The quantitative estimate of drug-likeness (QED) is 0.0211. The number of aliphatic hydroxyl groups excluding tert-OH is 2. The molecule has 37 nitrogen and oxygen atoms in total. The van der Waals surface area contributed by atoms with Gasteiger partial charge in [0.1, 0.15) is 121 Å². The van der Waals surface area contributed by atoms with Crippen LogP contribution in [-0.4, -0.2) is 265 Å². The number of nitro benzene ring substituents is 1. The molecule has 8 fully saturated rings. The SMILES string of the molecule is COc1cc(N=Nc2ccc([N+](=O)[O-])cc2)ccc1N=Nc1ccc(OCC(=O)N[C@H](CCC(=O)NC[C@H]2O[C@@H](O[C@@H]([C@@H]3OC(C)(C)O[C@H]3C(OC)OC)[C@H]3COC(C)(C)O3)[C@H](O)[C@H]3OC(C)(C)O[C@H]32)C(=O)NC[C@H]2O[C@@H](O[C@@H]([C@@H]3OC(C)(C)O[C@H]3C(OC)OC)[C@H]3COC(C)(C)O3)[C@H](O)[C@H]3OC(C)(C)O[C@H]32)cc1. The summed E-state index contributed by atoms with van der Waals surface area (Å²) in [5, 5.41) is 60.8. The van der Waals surface area contributed by atoms with Crippen LogP contribution in [0.25, 0.3) is 0 Å². The van der Waals surface area contributed by atoms with Crippen LogP contribution in [0.3, 0.4) is 0 Å². The number of carbonyl (C=O) groups is 3. The predicted molar refractivity (Wildman–Crippen MR) is 373 cm³/mol. The predicted octanol–water partition coefficient (Wildman–Crippen LogP) is 5.87. The number of nitrogens with one attached hydrogen (secondary N) is 3. The second kappa shape index (κ2) is 34.4. The van der Waals surface area contributed by atoms with Gasteiger partial charge in [0, 0.05) is 66.1 Å². The third-order valence-electron chi connectivity index (χ3n) is 19.0. The Labute approximate surface area is 630 Å². The lowest BCUT2D eigenvalue weighted by atomic mass is 9.97. The molecule has 37 heteroatoms. The van der Waals surface area contributed by atoms with Gasteiger partial charge >= 0.3 is 0 Å². The first kappa shape index (κ1) is 83.3. The average Bonchev–Trinajstić information content (AvgIpc) is 1.62. The van der Waals surface area contributed by atoms with Crippen LogP contribution in [0.2, 0.25) is 0 Å². The van der Waals surface area contributed by atoms with Crippen LogP contribution in [0.4, 0.5) is 28.4 Å². The molecule has 8 saturated heterocycles. The molecule has 604 valence electrons. The highest BCUT2D eigenvalue weighted by Crippen LogP contribution is 2.45. The first-order chi connectivity index (χ1) is 51.5. The van der Waals surface area contributed by atoms with Crippen LogP contribution in [0.5, 0.6) is 11.5 Å². The molecular formula is C72H102N8O29. The largest absolute Gasteiger partial charge is 0.494 e. The van der Waals surface area contributed by atoms with Crippen molar-refractivity contribution in [3.63, 3.8) is 0 Å². The maximum atomic E-state index is 14.9. The highest BCUT2D eigenvalue weighted by Gasteiger charge is 2.62. The Kier molecular flexibility index (Phi) is 26.3. The van der Waals surface area contributed by atoms with Crippen molar-refractivity contribution in [2.45, 2.75) is 260 Å². The van der Waals surface area contributed by atoms with Gasteiger partial charge in [0.15, 0.2) is 66.5 Å². The van der Waals surface area contributed by atoms with Gasteiger partial charge in [-0.1, -0.05) is 0 Å².